The quantitative estimate of drug-likeness (QED) is 0.809. The van der Waals surface area contributed by atoms with Crippen molar-refractivity contribution < 1.29 is 16.8 Å². The monoisotopic (exact) mass is 319 g/mol. The molecule has 0 aliphatic rings. The molecule has 0 unspecified atom stereocenters. The van der Waals surface area contributed by atoms with Crippen molar-refractivity contribution in [3.8, 4) is 0 Å². The normalized spacial score (nSPS) is 12.8. The van der Waals surface area contributed by atoms with Crippen LogP contribution in [0.1, 0.15) is 19.4 Å². The van der Waals surface area contributed by atoms with Crippen molar-refractivity contribution in [1.29, 1.82) is 0 Å². The minimum Gasteiger partial charge on any atom is -0.326 e. The predicted molar refractivity (Wildman–Crippen MR) is 79.9 cm³/mol. The molecule has 7 heteroatoms. The average molecular weight is 319 g/mol. The largest absolute Gasteiger partial charge is 0.326 e. The third-order valence-corrected chi connectivity index (χ3v) is 6.76. The molecule has 0 aromatic heterocycles. The highest BCUT2D eigenvalue weighted by Gasteiger charge is 2.20. The number of rotatable bonds is 7. The molecule has 0 saturated carbocycles. The summed E-state index contributed by atoms with van der Waals surface area (Å²) >= 11 is 0. The zero-order valence-corrected chi connectivity index (χ0v) is 13.4. The highest BCUT2D eigenvalue weighted by molar-refractivity contribution is 7.95. The smallest absolute Gasteiger partial charge is 0.179 e. The van der Waals surface area contributed by atoms with E-state index in [1.165, 1.54) is 12.1 Å². The summed E-state index contributed by atoms with van der Waals surface area (Å²) in [6.45, 7) is 3.91. The third kappa shape index (κ3) is 5.22. The molecule has 20 heavy (non-hydrogen) atoms. The van der Waals surface area contributed by atoms with Gasteiger partial charge < -0.3 is 5.73 Å². The molecule has 0 atom stereocenters. The number of hydrogen-bond donors (Lipinski definition) is 1. The molecule has 0 saturated heterocycles. The summed E-state index contributed by atoms with van der Waals surface area (Å²) in [5.41, 5.74) is 6.27. The van der Waals surface area contributed by atoms with Gasteiger partial charge in [0.1, 0.15) is 0 Å². The number of sulfone groups is 2. The molecule has 1 aromatic rings. The average Bonchev–Trinajstić information content (AvgIpc) is 2.35. The molecular formula is C13H21NO4S2. The van der Waals surface area contributed by atoms with Crippen molar-refractivity contribution in [3.05, 3.63) is 29.8 Å². The Hall–Kier alpha value is -0.920. The maximum Gasteiger partial charge on any atom is 0.179 e. The first-order valence-electron chi connectivity index (χ1n) is 6.38. The lowest BCUT2D eigenvalue weighted by Crippen LogP contribution is -2.22. The lowest BCUT2D eigenvalue weighted by molar-refractivity contribution is 0.578. The number of hydrogen-bond acceptors (Lipinski definition) is 5. The van der Waals surface area contributed by atoms with Crippen LogP contribution in [0.25, 0.3) is 0 Å². The highest BCUT2D eigenvalue weighted by Crippen LogP contribution is 2.13. The van der Waals surface area contributed by atoms with E-state index in [0.717, 1.165) is 5.56 Å². The van der Waals surface area contributed by atoms with E-state index in [4.69, 9.17) is 5.73 Å². The first-order valence-corrected chi connectivity index (χ1v) is 9.86. The van der Waals surface area contributed by atoms with Gasteiger partial charge in [-0.3, -0.25) is 0 Å². The van der Waals surface area contributed by atoms with Crippen LogP contribution in [0, 0.1) is 5.92 Å². The van der Waals surface area contributed by atoms with Crippen LogP contribution < -0.4 is 5.73 Å². The summed E-state index contributed by atoms with van der Waals surface area (Å²) in [5, 5.41) is 0. The van der Waals surface area contributed by atoms with Crippen molar-refractivity contribution in [1.82, 2.24) is 0 Å². The van der Waals surface area contributed by atoms with Crippen molar-refractivity contribution >= 4 is 19.7 Å². The van der Waals surface area contributed by atoms with Crippen molar-refractivity contribution in [2.45, 2.75) is 25.3 Å². The topological polar surface area (TPSA) is 94.3 Å². The third-order valence-electron chi connectivity index (χ3n) is 2.77. The Morgan fingerprint density at radius 1 is 1.00 bits per heavy atom. The van der Waals surface area contributed by atoms with Gasteiger partial charge in [-0.05, 0) is 23.6 Å². The summed E-state index contributed by atoms with van der Waals surface area (Å²) in [6, 6.07) is 6.20. The maximum absolute atomic E-state index is 12.1. The summed E-state index contributed by atoms with van der Waals surface area (Å²) < 4.78 is 47.6. The fourth-order valence-electron chi connectivity index (χ4n) is 1.78. The van der Waals surface area contributed by atoms with Crippen molar-refractivity contribution in [3.63, 3.8) is 0 Å². The van der Waals surface area contributed by atoms with Crippen LogP contribution in [-0.4, -0.2) is 34.1 Å². The first kappa shape index (κ1) is 17.1. The van der Waals surface area contributed by atoms with Crippen LogP contribution in [0.4, 0.5) is 0 Å². The van der Waals surface area contributed by atoms with Crippen molar-refractivity contribution in [2.75, 3.05) is 17.3 Å². The lowest BCUT2D eigenvalue weighted by Gasteiger charge is -2.08. The molecule has 1 rings (SSSR count). The van der Waals surface area contributed by atoms with E-state index in [1.54, 1.807) is 26.0 Å². The van der Waals surface area contributed by atoms with Crippen molar-refractivity contribution in [2.24, 2.45) is 11.7 Å². The summed E-state index contributed by atoms with van der Waals surface area (Å²) in [4.78, 5) is 0.134. The SMILES string of the molecule is CC(C)CS(=O)(=O)CCS(=O)(=O)c1ccc(CN)cc1. The Balaban J connectivity index is 2.80. The van der Waals surface area contributed by atoms with E-state index in [9.17, 15) is 16.8 Å². The molecular weight excluding hydrogens is 298 g/mol. The standard InChI is InChI=1S/C13H21NO4S2/c1-11(2)10-19(15,16)7-8-20(17,18)13-5-3-12(9-14)4-6-13/h3-6,11H,7-10,14H2,1-2H3. The molecule has 114 valence electrons. The van der Waals surface area contributed by atoms with Gasteiger partial charge in [0, 0.05) is 6.54 Å². The molecule has 2 N–H and O–H groups in total. The number of benzene rings is 1. The van der Waals surface area contributed by atoms with Crippen LogP contribution in [0.3, 0.4) is 0 Å². The predicted octanol–water partition coefficient (Wildman–Crippen LogP) is 0.990. The fourth-order valence-corrected chi connectivity index (χ4v) is 5.64. The zero-order chi connectivity index (χ0) is 15.4. The van der Waals surface area contributed by atoms with Crippen LogP contribution >= 0.6 is 0 Å². The molecule has 0 radical (unpaired) electrons. The molecule has 0 aliphatic heterocycles. The molecule has 0 fully saturated rings. The Morgan fingerprint density at radius 3 is 2.00 bits per heavy atom. The van der Waals surface area contributed by atoms with Gasteiger partial charge >= 0.3 is 0 Å². The Morgan fingerprint density at radius 2 is 1.55 bits per heavy atom. The second-order valence-electron chi connectivity index (χ2n) is 5.18. The van der Waals surface area contributed by atoms with E-state index in [-0.39, 0.29) is 28.1 Å². The second kappa shape index (κ2) is 6.69. The van der Waals surface area contributed by atoms with E-state index >= 15 is 0 Å². The molecule has 0 spiro atoms. The van der Waals surface area contributed by atoms with E-state index < -0.39 is 19.7 Å². The maximum atomic E-state index is 12.1. The fraction of sp³-hybridized carbons (Fsp3) is 0.538. The summed E-state index contributed by atoms with van der Waals surface area (Å²) in [5.74, 6) is -0.725. The Bertz CT molecular complexity index is 631. The van der Waals surface area contributed by atoms with Crippen LogP contribution in [0.5, 0.6) is 0 Å². The van der Waals surface area contributed by atoms with Gasteiger partial charge in [-0.2, -0.15) is 0 Å². The van der Waals surface area contributed by atoms with E-state index in [0.29, 0.717) is 6.54 Å². The minimum atomic E-state index is -3.57. The first-order chi connectivity index (χ1) is 9.16. The molecule has 0 bridgehead atoms. The van der Waals surface area contributed by atoms with Gasteiger partial charge in [0.05, 0.1) is 22.2 Å². The molecule has 0 aliphatic carbocycles. The Kier molecular flexibility index (Phi) is 5.73. The van der Waals surface area contributed by atoms with Crippen LogP contribution in [-0.2, 0) is 26.2 Å². The second-order valence-corrected chi connectivity index (χ2v) is 9.51. The molecule has 5 nitrogen and oxygen atoms in total. The van der Waals surface area contributed by atoms with Crippen LogP contribution in [0.2, 0.25) is 0 Å². The molecule has 0 heterocycles. The zero-order valence-electron chi connectivity index (χ0n) is 11.7. The van der Waals surface area contributed by atoms with E-state index in [2.05, 4.69) is 0 Å². The molecule has 1 aromatic carbocycles. The lowest BCUT2D eigenvalue weighted by atomic mass is 10.2. The van der Waals surface area contributed by atoms with Gasteiger partial charge in [0.2, 0.25) is 0 Å². The summed E-state index contributed by atoms with van der Waals surface area (Å²) in [7, 11) is -6.91. The van der Waals surface area contributed by atoms with Gasteiger partial charge in [-0.15, -0.1) is 0 Å². The van der Waals surface area contributed by atoms with Gasteiger partial charge in [0.15, 0.2) is 19.7 Å². The summed E-state index contributed by atoms with van der Waals surface area (Å²) in [6.07, 6.45) is 0. The Labute approximate surface area is 121 Å². The van der Waals surface area contributed by atoms with E-state index in [1.807, 2.05) is 0 Å². The van der Waals surface area contributed by atoms with Gasteiger partial charge in [-0.25, -0.2) is 16.8 Å². The minimum absolute atomic E-state index is 0.00783. The van der Waals surface area contributed by atoms with Crippen LogP contribution in [0.15, 0.2) is 29.2 Å². The highest BCUT2D eigenvalue weighted by atomic mass is 32.2. The molecule has 0 amide bonds. The van der Waals surface area contributed by atoms with Gasteiger partial charge in [-0.1, -0.05) is 26.0 Å². The number of nitrogens with two attached hydrogens (primary N) is 1. The van der Waals surface area contributed by atoms with Gasteiger partial charge in [0.25, 0.3) is 0 Å².